The SMILES string of the molecule is O=C(O)C1=C[C@@H]2C[C@H](C1)C[C@H]2O. The zero-order valence-corrected chi connectivity index (χ0v) is 6.73. The van der Waals surface area contributed by atoms with Gasteiger partial charge in [0.05, 0.1) is 6.10 Å². The molecule has 0 unspecified atom stereocenters. The van der Waals surface area contributed by atoms with Crippen molar-refractivity contribution in [3.63, 3.8) is 0 Å². The number of hydrogen-bond acceptors (Lipinski definition) is 2. The fourth-order valence-corrected chi connectivity index (χ4v) is 2.30. The van der Waals surface area contributed by atoms with Crippen molar-refractivity contribution in [1.82, 2.24) is 0 Å². The maximum atomic E-state index is 10.6. The Morgan fingerprint density at radius 3 is 2.83 bits per heavy atom. The zero-order chi connectivity index (χ0) is 8.72. The van der Waals surface area contributed by atoms with E-state index >= 15 is 0 Å². The highest BCUT2D eigenvalue weighted by atomic mass is 16.4. The maximum Gasteiger partial charge on any atom is 0.331 e. The van der Waals surface area contributed by atoms with E-state index in [0.29, 0.717) is 17.9 Å². The molecule has 3 heteroatoms. The summed E-state index contributed by atoms with van der Waals surface area (Å²) < 4.78 is 0. The molecular weight excluding hydrogens is 156 g/mol. The highest BCUT2D eigenvalue weighted by Crippen LogP contribution is 2.40. The van der Waals surface area contributed by atoms with Gasteiger partial charge in [0, 0.05) is 11.5 Å². The number of aliphatic hydroxyl groups excluding tert-OH is 1. The summed E-state index contributed by atoms with van der Waals surface area (Å²) in [5.41, 5.74) is 0.493. The molecule has 0 spiro atoms. The molecule has 2 aliphatic carbocycles. The van der Waals surface area contributed by atoms with Gasteiger partial charge in [0.2, 0.25) is 0 Å². The topological polar surface area (TPSA) is 57.5 Å². The van der Waals surface area contributed by atoms with Crippen LogP contribution in [0.5, 0.6) is 0 Å². The lowest BCUT2D eigenvalue weighted by molar-refractivity contribution is -0.133. The smallest absolute Gasteiger partial charge is 0.331 e. The van der Waals surface area contributed by atoms with Crippen LogP contribution in [0.1, 0.15) is 19.3 Å². The highest BCUT2D eigenvalue weighted by molar-refractivity contribution is 5.86. The Morgan fingerprint density at radius 2 is 2.25 bits per heavy atom. The standard InChI is InChI=1S/C9H12O3/c10-8-3-5-1-6(8)4-7(2-5)9(11)12/h4-6,8,10H,1-3H2,(H,11,12)/t5-,6+,8-/m1/s1. The van der Waals surface area contributed by atoms with E-state index in [-0.39, 0.29) is 12.0 Å². The molecule has 0 saturated heterocycles. The van der Waals surface area contributed by atoms with Gasteiger partial charge >= 0.3 is 5.97 Å². The van der Waals surface area contributed by atoms with E-state index < -0.39 is 5.97 Å². The fourth-order valence-electron chi connectivity index (χ4n) is 2.30. The van der Waals surface area contributed by atoms with Crippen molar-refractivity contribution in [2.45, 2.75) is 25.4 Å². The lowest BCUT2D eigenvalue weighted by atomic mass is 9.89. The summed E-state index contributed by atoms with van der Waals surface area (Å²) in [6, 6.07) is 0. The van der Waals surface area contributed by atoms with Gasteiger partial charge in [-0.3, -0.25) is 0 Å². The van der Waals surface area contributed by atoms with Crippen molar-refractivity contribution in [2.24, 2.45) is 11.8 Å². The third-order valence-corrected chi connectivity index (χ3v) is 2.87. The molecule has 0 aliphatic heterocycles. The molecule has 3 atom stereocenters. The summed E-state index contributed by atoms with van der Waals surface area (Å²) in [6.07, 6.45) is 3.82. The molecule has 0 amide bonds. The van der Waals surface area contributed by atoms with E-state index in [0.717, 1.165) is 12.8 Å². The molecule has 0 aromatic carbocycles. The second-order valence-corrected chi connectivity index (χ2v) is 3.77. The molecule has 2 rings (SSSR count). The third kappa shape index (κ3) is 1.14. The van der Waals surface area contributed by atoms with Crippen molar-refractivity contribution >= 4 is 5.97 Å². The second kappa shape index (κ2) is 2.59. The Bertz CT molecular complexity index is 244. The summed E-state index contributed by atoms with van der Waals surface area (Å²) in [7, 11) is 0. The Hall–Kier alpha value is -0.830. The van der Waals surface area contributed by atoms with E-state index in [1.54, 1.807) is 6.08 Å². The number of carboxylic acids is 1. The lowest BCUT2D eigenvalue weighted by Gasteiger charge is -2.16. The molecule has 0 heterocycles. The first-order valence-electron chi connectivity index (χ1n) is 4.29. The Balaban J connectivity index is 2.21. The van der Waals surface area contributed by atoms with Crippen LogP contribution >= 0.6 is 0 Å². The molecule has 2 aliphatic rings. The minimum Gasteiger partial charge on any atom is -0.478 e. The van der Waals surface area contributed by atoms with Gasteiger partial charge in [0.15, 0.2) is 0 Å². The summed E-state index contributed by atoms with van der Waals surface area (Å²) >= 11 is 0. The van der Waals surface area contributed by atoms with Crippen LogP contribution in [0.3, 0.4) is 0 Å². The first-order valence-corrected chi connectivity index (χ1v) is 4.29. The van der Waals surface area contributed by atoms with Crippen LogP contribution in [0.4, 0.5) is 0 Å². The molecule has 0 aromatic rings. The third-order valence-electron chi connectivity index (χ3n) is 2.87. The van der Waals surface area contributed by atoms with Crippen LogP contribution in [0, 0.1) is 11.8 Å². The average molecular weight is 168 g/mol. The van der Waals surface area contributed by atoms with Gasteiger partial charge < -0.3 is 10.2 Å². The monoisotopic (exact) mass is 168 g/mol. The van der Waals surface area contributed by atoms with E-state index in [1.165, 1.54) is 0 Å². The molecule has 1 saturated carbocycles. The summed E-state index contributed by atoms with van der Waals surface area (Å²) in [5, 5.41) is 18.2. The Kier molecular flexibility index (Phi) is 1.68. The van der Waals surface area contributed by atoms with Crippen LogP contribution in [-0.4, -0.2) is 22.3 Å². The zero-order valence-electron chi connectivity index (χ0n) is 6.73. The van der Waals surface area contributed by atoms with Gasteiger partial charge in [0.25, 0.3) is 0 Å². The number of rotatable bonds is 1. The van der Waals surface area contributed by atoms with Crippen LogP contribution in [0.25, 0.3) is 0 Å². The number of hydrogen-bond donors (Lipinski definition) is 2. The average Bonchev–Trinajstić information content (AvgIpc) is 2.26. The molecule has 66 valence electrons. The number of carboxylic acid groups (broad SMARTS) is 1. The number of fused-ring (bicyclic) bond motifs is 2. The van der Waals surface area contributed by atoms with Gasteiger partial charge in [-0.1, -0.05) is 6.08 Å². The van der Waals surface area contributed by atoms with Gasteiger partial charge in [-0.15, -0.1) is 0 Å². The van der Waals surface area contributed by atoms with Crippen molar-refractivity contribution in [2.75, 3.05) is 0 Å². The van der Waals surface area contributed by atoms with Crippen molar-refractivity contribution in [1.29, 1.82) is 0 Å². The van der Waals surface area contributed by atoms with E-state index in [9.17, 15) is 9.90 Å². The van der Waals surface area contributed by atoms with Gasteiger partial charge in [-0.25, -0.2) is 4.79 Å². The fraction of sp³-hybridized carbons (Fsp3) is 0.667. The van der Waals surface area contributed by atoms with E-state index in [2.05, 4.69) is 0 Å². The lowest BCUT2D eigenvalue weighted by Crippen LogP contribution is -2.14. The molecule has 1 fully saturated rings. The Labute approximate surface area is 70.7 Å². The molecule has 3 nitrogen and oxygen atoms in total. The summed E-state index contributed by atoms with van der Waals surface area (Å²) in [4.78, 5) is 10.6. The van der Waals surface area contributed by atoms with Crippen molar-refractivity contribution < 1.29 is 15.0 Å². The number of aliphatic carboxylic acids is 1. The van der Waals surface area contributed by atoms with Crippen LogP contribution in [-0.2, 0) is 4.79 Å². The van der Waals surface area contributed by atoms with Crippen LogP contribution < -0.4 is 0 Å². The van der Waals surface area contributed by atoms with E-state index in [1.807, 2.05) is 0 Å². The van der Waals surface area contributed by atoms with Gasteiger partial charge in [0.1, 0.15) is 0 Å². The first kappa shape index (κ1) is 7.80. The second-order valence-electron chi connectivity index (χ2n) is 3.77. The quantitative estimate of drug-likeness (QED) is 0.608. The largest absolute Gasteiger partial charge is 0.478 e. The molecule has 0 aromatic heterocycles. The van der Waals surface area contributed by atoms with Crippen LogP contribution in [0.15, 0.2) is 11.6 Å². The predicted molar refractivity (Wildman–Crippen MR) is 42.6 cm³/mol. The number of aliphatic hydroxyl groups is 1. The molecule has 2 N–H and O–H groups in total. The molecular formula is C9H12O3. The first-order chi connectivity index (χ1) is 5.66. The Morgan fingerprint density at radius 1 is 1.50 bits per heavy atom. The van der Waals surface area contributed by atoms with Crippen molar-refractivity contribution in [3.8, 4) is 0 Å². The van der Waals surface area contributed by atoms with Crippen LogP contribution in [0.2, 0.25) is 0 Å². The minimum absolute atomic E-state index is 0.106. The predicted octanol–water partition coefficient (Wildman–Crippen LogP) is 0.788. The number of carbonyl (C=O) groups is 1. The highest BCUT2D eigenvalue weighted by Gasteiger charge is 2.37. The summed E-state index contributed by atoms with van der Waals surface area (Å²) in [5.74, 6) is -0.310. The maximum absolute atomic E-state index is 10.6. The molecule has 2 bridgehead atoms. The van der Waals surface area contributed by atoms with Crippen molar-refractivity contribution in [3.05, 3.63) is 11.6 Å². The molecule has 12 heavy (non-hydrogen) atoms. The van der Waals surface area contributed by atoms with Gasteiger partial charge in [-0.05, 0) is 25.2 Å². The van der Waals surface area contributed by atoms with Gasteiger partial charge in [-0.2, -0.15) is 0 Å². The summed E-state index contributed by atoms with van der Waals surface area (Å²) in [6.45, 7) is 0. The van der Waals surface area contributed by atoms with E-state index in [4.69, 9.17) is 5.11 Å². The molecule has 0 radical (unpaired) electrons. The normalized spacial score (nSPS) is 39.4. The minimum atomic E-state index is -0.821.